The first-order chi connectivity index (χ1) is 10.3. The van der Waals surface area contributed by atoms with Crippen LogP contribution in [0.15, 0.2) is 58.6 Å². The highest BCUT2D eigenvalue weighted by atomic mass is 32.2. The first-order valence-electron chi connectivity index (χ1n) is 6.50. The van der Waals surface area contributed by atoms with E-state index < -0.39 is 0 Å². The topological polar surface area (TPSA) is 63.8 Å². The summed E-state index contributed by atoms with van der Waals surface area (Å²) >= 11 is 1.51. The van der Waals surface area contributed by atoms with Crippen molar-refractivity contribution in [2.75, 3.05) is 0 Å². The lowest BCUT2D eigenvalue weighted by molar-refractivity contribution is 0.281. The van der Waals surface area contributed by atoms with Crippen molar-refractivity contribution in [2.24, 2.45) is 0 Å². The van der Waals surface area contributed by atoms with Gasteiger partial charge in [0.25, 0.3) is 0 Å². The molecule has 0 aliphatic carbocycles. The third-order valence-electron chi connectivity index (χ3n) is 3.06. The summed E-state index contributed by atoms with van der Waals surface area (Å²) in [6, 6.07) is 15.6. The summed E-state index contributed by atoms with van der Waals surface area (Å²) in [4.78, 5) is 1.07. The van der Waals surface area contributed by atoms with Crippen molar-refractivity contribution < 1.29 is 5.11 Å². The Hall–Kier alpha value is -2.18. The number of aromatic nitrogens is 4. The predicted octanol–water partition coefficient (Wildman–Crippen LogP) is 2.61. The van der Waals surface area contributed by atoms with Gasteiger partial charge in [0.2, 0.25) is 5.16 Å². The molecule has 106 valence electrons. The summed E-state index contributed by atoms with van der Waals surface area (Å²) in [7, 11) is 0. The smallest absolute Gasteiger partial charge is 0.218 e. The Kier molecular flexibility index (Phi) is 3.98. The van der Waals surface area contributed by atoms with Gasteiger partial charge in [0.1, 0.15) is 0 Å². The zero-order valence-electron chi connectivity index (χ0n) is 11.5. The third-order valence-corrected chi connectivity index (χ3v) is 4.18. The van der Waals surface area contributed by atoms with Crippen molar-refractivity contribution >= 4 is 11.8 Å². The van der Waals surface area contributed by atoms with E-state index in [9.17, 15) is 0 Å². The number of hydrogen-bond donors (Lipinski definition) is 1. The second-order valence-electron chi connectivity index (χ2n) is 4.57. The van der Waals surface area contributed by atoms with Gasteiger partial charge in [-0.15, -0.1) is 5.10 Å². The molecule has 3 aromatic rings. The fraction of sp³-hybridized carbons (Fsp3) is 0.133. The minimum atomic E-state index is 0.0491. The van der Waals surface area contributed by atoms with Gasteiger partial charge in [-0.2, -0.15) is 4.68 Å². The Balaban J connectivity index is 1.92. The van der Waals surface area contributed by atoms with Crippen molar-refractivity contribution in [3.8, 4) is 5.69 Å². The molecule has 0 atom stereocenters. The van der Waals surface area contributed by atoms with Gasteiger partial charge in [0.05, 0.1) is 12.3 Å². The first-order valence-corrected chi connectivity index (χ1v) is 7.31. The van der Waals surface area contributed by atoms with Gasteiger partial charge in [-0.3, -0.25) is 0 Å². The summed E-state index contributed by atoms with van der Waals surface area (Å²) in [5.41, 5.74) is 2.92. The molecule has 0 aliphatic rings. The molecular formula is C15H14N4OS. The van der Waals surface area contributed by atoms with Crippen LogP contribution in [0.1, 0.15) is 11.1 Å². The van der Waals surface area contributed by atoms with E-state index in [-0.39, 0.29) is 6.61 Å². The molecule has 6 heteroatoms. The number of aliphatic hydroxyl groups is 1. The monoisotopic (exact) mass is 298 g/mol. The van der Waals surface area contributed by atoms with Crippen molar-refractivity contribution in [3.05, 3.63) is 59.7 Å². The number of aryl methyl sites for hydroxylation is 1. The lowest BCUT2D eigenvalue weighted by atomic mass is 10.1. The largest absolute Gasteiger partial charge is 0.392 e. The molecule has 0 amide bonds. The fourth-order valence-electron chi connectivity index (χ4n) is 2.00. The van der Waals surface area contributed by atoms with Crippen LogP contribution in [0.3, 0.4) is 0 Å². The summed E-state index contributed by atoms with van der Waals surface area (Å²) in [5, 5.41) is 21.8. The van der Waals surface area contributed by atoms with Crippen molar-refractivity contribution in [1.82, 2.24) is 20.2 Å². The Labute approximate surface area is 126 Å². The predicted molar refractivity (Wildman–Crippen MR) is 80.4 cm³/mol. The molecule has 0 radical (unpaired) electrons. The molecule has 0 bridgehead atoms. The summed E-state index contributed by atoms with van der Waals surface area (Å²) in [5.74, 6) is 0. The number of nitrogens with zero attached hydrogens (tertiary/aromatic N) is 4. The van der Waals surface area contributed by atoms with Crippen molar-refractivity contribution in [1.29, 1.82) is 0 Å². The molecule has 0 fully saturated rings. The van der Waals surface area contributed by atoms with E-state index >= 15 is 0 Å². The third kappa shape index (κ3) is 2.96. The van der Waals surface area contributed by atoms with Gasteiger partial charge in [-0.1, -0.05) is 30.3 Å². The quantitative estimate of drug-likeness (QED) is 0.802. The maximum atomic E-state index is 9.16. The van der Waals surface area contributed by atoms with E-state index in [1.54, 1.807) is 4.68 Å². The van der Waals surface area contributed by atoms with Crippen molar-refractivity contribution in [3.63, 3.8) is 0 Å². The number of para-hydroxylation sites is 1. The van der Waals surface area contributed by atoms with E-state index in [0.29, 0.717) is 5.16 Å². The lowest BCUT2D eigenvalue weighted by Crippen LogP contribution is -1.98. The minimum Gasteiger partial charge on any atom is -0.392 e. The molecule has 0 saturated carbocycles. The molecule has 0 saturated heterocycles. The molecule has 5 nitrogen and oxygen atoms in total. The molecule has 21 heavy (non-hydrogen) atoms. The maximum absolute atomic E-state index is 9.16. The highest BCUT2D eigenvalue weighted by molar-refractivity contribution is 7.99. The number of tetrazole rings is 1. The van der Waals surface area contributed by atoms with Gasteiger partial charge in [0.15, 0.2) is 0 Å². The zero-order valence-corrected chi connectivity index (χ0v) is 12.3. The highest BCUT2D eigenvalue weighted by Gasteiger charge is 2.11. The summed E-state index contributed by atoms with van der Waals surface area (Å²) in [6.45, 7) is 2.06. The SMILES string of the molecule is Cc1cc(CO)ccc1Sc1nnnn1-c1ccccc1. The van der Waals surface area contributed by atoms with Gasteiger partial charge in [-0.25, -0.2) is 0 Å². The second kappa shape index (κ2) is 6.07. The van der Waals surface area contributed by atoms with Crippen LogP contribution in [-0.4, -0.2) is 25.3 Å². The van der Waals surface area contributed by atoms with Crippen LogP contribution in [0.5, 0.6) is 0 Å². The molecule has 1 aromatic heterocycles. The zero-order chi connectivity index (χ0) is 14.7. The Bertz CT molecular complexity index is 742. The standard InChI is InChI=1S/C15H14N4OS/c1-11-9-12(10-20)7-8-14(11)21-15-16-17-18-19(15)13-5-3-2-4-6-13/h2-9,20H,10H2,1H3. The number of hydrogen-bond acceptors (Lipinski definition) is 5. The van der Waals surface area contributed by atoms with Crippen LogP contribution in [0.25, 0.3) is 5.69 Å². The van der Waals surface area contributed by atoms with Gasteiger partial charge >= 0.3 is 0 Å². The van der Waals surface area contributed by atoms with E-state index in [0.717, 1.165) is 21.7 Å². The average molecular weight is 298 g/mol. The van der Waals surface area contributed by atoms with Crippen LogP contribution in [0, 0.1) is 6.92 Å². The molecule has 1 N–H and O–H groups in total. The maximum Gasteiger partial charge on any atom is 0.218 e. The highest BCUT2D eigenvalue weighted by Crippen LogP contribution is 2.30. The molecular weight excluding hydrogens is 284 g/mol. The van der Waals surface area contributed by atoms with E-state index in [1.807, 2.05) is 55.5 Å². The number of rotatable bonds is 4. The lowest BCUT2D eigenvalue weighted by Gasteiger charge is -2.07. The van der Waals surface area contributed by atoms with E-state index in [1.165, 1.54) is 11.8 Å². The second-order valence-corrected chi connectivity index (χ2v) is 5.58. The Morgan fingerprint density at radius 2 is 1.95 bits per heavy atom. The van der Waals surface area contributed by atoms with E-state index in [4.69, 9.17) is 5.11 Å². The van der Waals surface area contributed by atoms with E-state index in [2.05, 4.69) is 15.5 Å². The van der Waals surface area contributed by atoms with Gasteiger partial charge in [0, 0.05) is 4.90 Å². The number of benzene rings is 2. The molecule has 0 aliphatic heterocycles. The molecule has 2 aromatic carbocycles. The fourth-order valence-corrected chi connectivity index (χ4v) is 2.85. The van der Waals surface area contributed by atoms with Crippen LogP contribution in [0.2, 0.25) is 0 Å². The van der Waals surface area contributed by atoms with Crippen LogP contribution < -0.4 is 0 Å². The first kappa shape index (κ1) is 13.8. The van der Waals surface area contributed by atoms with Crippen molar-refractivity contribution in [2.45, 2.75) is 23.6 Å². The van der Waals surface area contributed by atoms with Crippen LogP contribution >= 0.6 is 11.8 Å². The molecule has 3 rings (SSSR count). The molecule has 1 heterocycles. The molecule has 0 unspecified atom stereocenters. The summed E-state index contributed by atoms with van der Waals surface area (Å²) < 4.78 is 1.71. The van der Waals surface area contributed by atoms with Crippen LogP contribution in [0.4, 0.5) is 0 Å². The number of aliphatic hydroxyl groups excluding tert-OH is 1. The molecule has 0 spiro atoms. The average Bonchev–Trinajstić information content (AvgIpc) is 2.98. The van der Waals surface area contributed by atoms with Crippen LogP contribution in [-0.2, 0) is 6.61 Å². The summed E-state index contributed by atoms with van der Waals surface area (Å²) in [6.07, 6.45) is 0. The minimum absolute atomic E-state index is 0.0491. The Morgan fingerprint density at radius 3 is 2.67 bits per heavy atom. The Morgan fingerprint density at radius 1 is 1.14 bits per heavy atom. The normalized spacial score (nSPS) is 10.8. The van der Waals surface area contributed by atoms with Gasteiger partial charge in [-0.05, 0) is 58.4 Å². The van der Waals surface area contributed by atoms with Gasteiger partial charge < -0.3 is 5.11 Å².